The lowest BCUT2D eigenvalue weighted by atomic mass is 10.0. The van der Waals surface area contributed by atoms with Gasteiger partial charge in [0.15, 0.2) is 0 Å². The van der Waals surface area contributed by atoms with Gasteiger partial charge in [-0.05, 0) is 54.7 Å². The minimum atomic E-state index is 0.613. The molecule has 0 amide bonds. The number of anilines is 1. The van der Waals surface area contributed by atoms with E-state index in [1.807, 2.05) is 30.5 Å². The van der Waals surface area contributed by atoms with E-state index in [0.717, 1.165) is 61.5 Å². The van der Waals surface area contributed by atoms with Gasteiger partial charge in [0.05, 0.1) is 12.1 Å². The van der Waals surface area contributed by atoms with Crippen LogP contribution in [-0.4, -0.2) is 29.8 Å². The third-order valence-corrected chi connectivity index (χ3v) is 4.75. The zero-order chi connectivity index (χ0) is 17.6. The molecule has 0 spiro atoms. The second-order valence-corrected chi connectivity index (χ2v) is 6.66. The molecule has 0 radical (unpaired) electrons. The molecule has 0 unspecified atom stereocenters. The van der Waals surface area contributed by atoms with Crippen LogP contribution in [0.15, 0.2) is 55.0 Å². The maximum absolute atomic E-state index is 5.92. The molecular formula is C21H23N3O2. The molecule has 4 rings (SSSR count). The third-order valence-electron chi connectivity index (χ3n) is 4.75. The van der Waals surface area contributed by atoms with E-state index in [4.69, 9.17) is 9.47 Å². The maximum atomic E-state index is 5.92. The number of hydrogen-bond acceptors (Lipinski definition) is 5. The van der Waals surface area contributed by atoms with Crippen LogP contribution in [0.2, 0.25) is 0 Å². The van der Waals surface area contributed by atoms with Crippen LogP contribution in [0.1, 0.15) is 18.4 Å². The molecule has 0 bridgehead atoms. The number of benzene rings is 2. The lowest BCUT2D eigenvalue weighted by molar-refractivity contribution is 0.0497. The number of nitrogens with one attached hydrogen (secondary N) is 1. The molecule has 26 heavy (non-hydrogen) atoms. The van der Waals surface area contributed by atoms with E-state index in [9.17, 15) is 0 Å². The Kier molecular flexibility index (Phi) is 5.26. The number of ether oxygens (including phenoxy) is 2. The van der Waals surface area contributed by atoms with Crippen LogP contribution in [0, 0.1) is 5.92 Å². The standard InChI is InChI=1S/C21H23N3O2/c1-5-20(26-14-17-7-9-25-10-8-17)6-2-16(1)12-23-19-4-3-18-13-22-15-24-21(18)11-19/h1-6,11,13,15,17,23H,7-10,12,14H2. The Morgan fingerprint density at radius 1 is 1.08 bits per heavy atom. The van der Waals surface area contributed by atoms with E-state index in [1.54, 1.807) is 6.33 Å². The molecular weight excluding hydrogens is 326 g/mol. The van der Waals surface area contributed by atoms with Crippen LogP contribution < -0.4 is 10.1 Å². The molecule has 134 valence electrons. The molecule has 1 aromatic heterocycles. The van der Waals surface area contributed by atoms with Crippen molar-refractivity contribution >= 4 is 16.6 Å². The molecule has 1 N–H and O–H groups in total. The van der Waals surface area contributed by atoms with Crippen LogP contribution in [-0.2, 0) is 11.3 Å². The fourth-order valence-electron chi connectivity index (χ4n) is 3.12. The van der Waals surface area contributed by atoms with Gasteiger partial charge in [0, 0.05) is 37.0 Å². The highest BCUT2D eigenvalue weighted by molar-refractivity contribution is 5.81. The molecule has 1 aliphatic heterocycles. The molecule has 1 aliphatic rings. The molecule has 0 saturated carbocycles. The third kappa shape index (κ3) is 4.29. The second-order valence-electron chi connectivity index (χ2n) is 6.66. The first kappa shape index (κ1) is 16.8. The van der Waals surface area contributed by atoms with E-state index in [1.165, 1.54) is 5.56 Å². The van der Waals surface area contributed by atoms with Gasteiger partial charge in [0.1, 0.15) is 12.1 Å². The Hall–Kier alpha value is -2.66. The van der Waals surface area contributed by atoms with Gasteiger partial charge in [-0.2, -0.15) is 0 Å². The summed E-state index contributed by atoms with van der Waals surface area (Å²) in [6.45, 7) is 3.26. The Morgan fingerprint density at radius 2 is 1.92 bits per heavy atom. The topological polar surface area (TPSA) is 56.3 Å². The molecule has 1 saturated heterocycles. The van der Waals surface area contributed by atoms with Crippen molar-refractivity contribution < 1.29 is 9.47 Å². The predicted octanol–water partition coefficient (Wildman–Crippen LogP) is 4.05. The van der Waals surface area contributed by atoms with Gasteiger partial charge >= 0.3 is 0 Å². The van der Waals surface area contributed by atoms with E-state index >= 15 is 0 Å². The van der Waals surface area contributed by atoms with Gasteiger partial charge in [-0.3, -0.25) is 0 Å². The minimum absolute atomic E-state index is 0.613. The summed E-state index contributed by atoms with van der Waals surface area (Å²) in [5.41, 5.74) is 3.21. The lowest BCUT2D eigenvalue weighted by Crippen LogP contribution is -2.21. The molecule has 5 heteroatoms. The van der Waals surface area contributed by atoms with Crippen LogP contribution in [0.3, 0.4) is 0 Å². The van der Waals surface area contributed by atoms with Crippen molar-refractivity contribution in [1.29, 1.82) is 0 Å². The largest absolute Gasteiger partial charge is 0.493 e. The Morgan fingerprint density at radius 3 is 2.77 bits per heavy atom. The van der Waals surface area contributed by atoms with Gasteiger partial charge in [-0.25, -0.2) is 9.97 Å². The first-order chi connectivity index (χ1) is 12.9. The van der Waals surface area contributed by atoms with E-state index in [0.29, 0.717) is 5.92 Å². The first-order valence-corrected chi connectivity index (χ1v) is 9.10. The van der Waals surface area contributed by atoms with Crippen molar-refractivity contribution in [3.63, 3.8) is 0 Å². The quantitative estimate of drug-likeness (QED) is 0.728. The summed E-state index contributed by atoms with van der Waals surface area (Å²) in [5.74, 6) is 1.55. The summed E-state index contributed by atoms with van der Waals surface area (Å²) in [5, 5.41) is 4.49. The average molecular weight is 349 g/mol. The Bertz CT molecular complexity index is 845. The molecule has 1 fully saturated rings. The van der Waals surface area contributed by atoms with Crippen molar-refractivity contribution in [1.82, 2.24) is 9.97 Å². The minimum Gasteiger partial charge on any atom is -0.493 e. The highest BCUT2D eigenvalue weighted by Gasteiger charge is 2.14. The molecule has 0 atom stereocenters. The van der Waals surface area contributed by atoms with Crippen molar-refractivity contribution in [2.45, 2.75) is 19.4 Å². The number of fused-ring (bicyclic) bond motifs is 1. The van der Waals surface area contributed by atoms with Gasteiger partial charge in [-0.1, -0.05) is 12.1 Å². The summed E-state index contributed by atoms with van der Waals surface area (Å²) in [7, 11) is 0. The second kappa shape index (κ2) is 8.15. The average Bonchev–Trinajstić information content (AvgIpc) is 2.72. The fraction of sp³-hybridized carbons (Fsp3) is 0.333. The van der Waals surface area contributed by atoms with Crippen molar-refractivity contribution in [2.24, 2.45) is 5.92 Å². The number of hydrogen-bond donors (Lipinski definition) is 1. The fourth-order valence-corrected chi connectivity index (χ4v) is 3.12. The number of rotatable bonds is 6. The van der Waals surface area contributed by atoms with Gasteiger partial charge in [0.25, 0.3) is 0 Å². The number of aromatic nitrogens is 2. The molecule has 2 aromatic carbocycles. The zero-order valence-corrected chi connectivity index (χ0v) is 14.7. The summed E-state index contributed by atoms with van der Waals surface area (Å²) >= 11 is 0. The Balaban J connectivity index is 1.30. The summed E-state index contributed by atoms with van der Waals surface area (Å²) in [6, 6.07) is 14.4. The lowest BCUT2D eigenvalue weighted by Gasteiger charge is -2.22. The highest BCUT2D eigenvalue weighted by Crippen LogP contribution is 2.20. The summed E-state index contributed by atoms with van der Waals surface area (Å²) in [6.07, 6.45) is 5.59. The van der Waals surface area contributed by atoms with E-state index < -0.39 is 0 Å². The van der Waals surface area contributed by atoms with E-state index in [-0.39, 0.29) is 0 Å². The zero-order valence-electron chi connectivity index (χ0n) is 14.7. The molecule has 0 aliphatic carbocycles. The smallest absolute Gasteiger partial charge is 0.119 e. The van der Waals surface area contributed by atoms with Crippen LogP contribution in [0.4, 0.5) is 5.69 Å². The first-order valence-electron chi connectivity index (χ1n) is 9.10. The van der Waals surface area contributed by atoms with E-state index in [2.05, 4.69) is 33.5 Å². The summed E-state index contributed by atoms with van der Waals surface area (Å²) in [4.78, 5) is 8.33. The predicted molar refractivity (Wildman–Crippen MR) is 102 cm³/mol. The molecule has 3 aromatic rings. The van der Waals surface area contributed by atoms with Crippen LogP contribution in [0.5, 0.6) is 5.75 Å². The molecule has 5 nitrogen and oxygen atoms in total. The maximum Gasteiger partial charge on any atom is 0.119 e. The van der Waals surface area contributed by atoms with Crippen molar-refractivity contribution in [3.8, 4) is 5.75 Å². The number of nitrogens with zero attached hydrogens (tertiary/aromatic N) is 2. The van der Waals surface area contributed by atoms with Gasteiger partial charge in [-0.15, -0.1) is 0 Å². The van der Waals surface area contributed by atoms with Crippen LogP contribution >= 0.6 is 0 Å². The SMILES string of the molecule is c1ncc2ccc(NCc3ccc(OCC4CCOCC4)cc3)cc2n1. The van der Waals surface area contributed by atoms with Crippen molar-refractivity contribution in [2.75, 3.05) is 25.1 Å². The van der Waals surface area contributed by atoms with Gasteiger partial charge in [0.2, 0.25) is 0 Å². The normalized spacial score (nSPS) is 15.1. The van der Waals surface area contributed by atoms with Crippen LogP contribution in [0.25, 0.3) is 10.9 Å². The monoisotopic (exact) mass is 349 g/mol. The highest BCUT2D eigenvalue weighted by atomic mass is 16.5. The van der Waals surface area contributed by atoms with Gasteiger partial charge < -0.3 is 14.8 Å². The molecule has 2 heterocycles. The Labute approximate surface area is 153 Å². The summed E-state index contributed by atoms with van der Waals surface area (Å²) < 4.78 is 11.3. The van der Waals surface area contributed by atoms with Crippen molar-refractivity contribution in [3.05, 3.63) is 60.6 Å².